The lowest BCUT2D eigenvalue weighted by atomic mass is 10.1. The average Bonchev–Trinajstić information content (AvgIpc) is 2.28. The fraction of sp³-hybridized carbons (Fsp3) is 0.643. The van der Waals surface area contributed by atoms with Crippen LogP contribution in [0.2, 0.25) is 0 Å². The lowest BCUT2D eigenvalue weighted by Crippen LogP contribution is -2.26. The zero-order chi connectivity index (χ0) is 11.8. The van der Waals surface area contributed by atoms with Crippen molar-refractivity contribution in [3.05, 3.63) is 29.6 Å². The molecular formula is C14H24N2. The van der Waals surface area contributed by atoms with Crippen molar-refractivity contribution in [2.24, 2.45) is 0 Å². The third kappa shape index (κ3) is 4.75. The average molecular weight is 220 g/mol. The van der Waals surface area contributed by atoms with Crippen LogP contribution < -0.4 is 5.32 Å². The summed E-state index contributed by atoms with van der Waals surface area (Å²) in [6, 6.07) is 4.70. The molecule has 0 saturated carbocycles. The first-order chi connectivity index (χ1) is 7.74. The van der Waals surface area contributed by atoms with Gasteiger partial charge in [0, 0.05) is 18.8 Å². The summed E-state index contributed by atoms with van der Waals surface area (Å²) in [5.74, 6) is 0. The van der Waals surface area contributed by atoms with E-state index in [1.807, 2.05) is 12.3 Å². The number of hydrogen-bond acceptors (Lipinski definition) is 2. The standard InChI is InChI=1S/C14H24N2/c1-4-5-6-9-13(3)16-11-14-12(2)8-7-10-15-14/h7-8,10,13,16H,4-6,9,11H2,1-3H3. The Kier molecular flexibility index (Phi) is 6.09. The number of rotatable bonds is 7. The SMILES string of the molecule is CCCCCC(C)NCc1ncccc1C. The molecule has 90 valence electrons. The normalized spacial score (nSPS) is 12.7. The van der Waals surface area contributed by atoms with E-state index in [4.69, 9.17) is 0 Å². The summed E-state index contributed by atoms with van der Waals surface area (Å²) in [5.41, 5.74) is 2.44. The summed E-state index contributed by atoms with van der Waals surface area (Å²) in [7, 11) is 0. The highest BCUT2D eigenvalue weighted by Crippen LogP contribution is 2.06. The maximum Gasteiger partial charge on any atom is 0.0570 e. The molecule has 1 N–H and O–H groups in total. The summed E-state index contributed by atoms with van der Waals surface area (Å²) in [6.45, 7) is 7.51. The highest BCUT2D eigenvalue weighted by Gasteiger charge is 2.03. The highest BCUT2D eigenvalue weighted by molar-refractivity contribution is 5.17. The molecule has 16 heavy (non-hydrogen) atoms. The van der Waals surface area contributed by atoms with Crippen LogP contribution in [-0.2, 0) is 6.54 Å². The minimum atomic E-state index is 0.591. The third-order valence-corrected chi connectivity index (χ3v) is 2.98. The first-order valence-electron chi connectivity index (χ1n) is 6.38. The molecule has 1 atom stereocenters. The van der Waals surface area contributed by atoms with E-state index in [0.717, 1.165) is 6.54 Å². The van der Waals surface area contributed by atoms with E-state index in [0.29, 0.717) is 6.04 Å². The van der Waals surface area contributed by atoms with E-state index < -0.39 is 0 Å². The maximum absolute atomic E-state index is 4.38. The van der Waals surface area contributed by atoms with Crippen molar-refractivity contribution in [3.8, 4) is 0 Å². The molecule has 0 bridgehead atoms. The van der Waals surface area contributed by atoms with Crippen LogP contribution in [0.3, 0.4) is 0 Å². The molecule has 2 heteroatoms. The van der Waals surface area contributed by atoms with Gasteiger partial charge in [-0.05, 0) is 31.9 Å². The van der Waals surface area contributed by atoms with Gasteiger partial charge < -0.3 is 5.32 Å². The zero-order valence-electron chi connectivity index (χ0n) is 10.8. The predicted molar refractivity (Wildman–Crippen MR) is 69.4 cm³/mol. The van der Waals surface area contributed by atoms with Crippen LogP contribution in [0.15, 0.2) is 18.3 Å². The molecule has 1 unspecified atom stereocenters. The Morgan fingerprint density at radius 3 is 2.88 bits per heavy atom. The second-order valence-corrected chi connectivity index (χ2v) is 4.54. The quantitative estimate of drug-likeness (QED) is 0.712. The lowest BCUT2D eigenvalue weighted by Gasteiger charge is -2.13. The van der Waals surface area contributed by atoms with Crippen molar-refractivity contribution >= 4 is 0 Å². The Balaban J connectivity index is 2.26. The Bertz CT molecular complexity index is 297. The number of aryl methyl sites for hydroxylation is 1. The van der Waals surface area contributed by atoms with Crippen molar-refractivity contribution in [3.63, 3.8) is 0 Å². The van der Waals surface area contributed by atoms with E-state index in [1.54, 1.807) is 0 Å². The molecule has 0 spiro atoms. The second kappa shape index (κ2) is 7.39. The van der Waals surface area contributed by atoms with Crippen molar-refractivity contribution in [1.29, 1.82) is 0 Å². The van der Waals surface area contributed by atoms with Gasteiger partial charge in [-0.2, -0.15) is 0 Å². The van der Waals surface area contributed by atoms with Gasteiger partial charge in [0.25, 0.3) is 0 Å². The fourth-order valence-electron chi connectivity index (χ4n) is 1.78. The fourth-order valence-corrected chi connectivity index (χ4v) is 1.78. The Morgan fingerprint density at radius 1 is 1.38 bits per heavy atom. The molecule has 0 saturated heterocycles. The van der Waals surface area contributed by atoms with Crippen molar-refractivity contribution < 1.29 is 0 Å². The molecule has 0 radical (unpaired) electrons. The summed E-state index contributed by atoms with van der Waals surface area (Å²) < 4.78 is 0. The summed E-state index contributed by atoms with van der Waals surface area (Å²) >= 11 is 0. The molecule has 0 aromatic carbocycles. The number of nitrogens with zero attached hydrogens (tertiary/aromatic N) is 1. The number of aromatic nitrogens is 1. The highest BCUT2D eigenvalue weighted by atomic mass is 14.9. The van der Waals surface area contributed by atoms with Crippen LogP contribution in [0.1, 0.15) is 50.8 Å². The molecular weight excluding hydrogens is 196 g/mol. The molecule has 1 aromatic rings. The van der Waals surface area contributed by atoms with Crippen molar-refractivity contribution in [2.45, 2.75) is 59.0 Å². The van der Waals surface area contributed by atoms with Crippen molar-refractivity contribution in [1.82, 2.24) is 10.3 Å². The van der Waals surface area contributed by atoms with Crippen LogP contribution in [0, 0.1) is 6.92 Å². The molecule has 0 aliphatic heterocycles. The molecule has 0 amide bonds. The van der Waals surface area contributed by atoms with E-state index in [-0.39, 0.29) is 0 Å². The number of hydrogen-bond donors (Lipinski definition) is 1. The van der Waals surface area contributed by atoms with Crippen LogP contribution >= 0.6 is 0 Å². The second-order valence-electron chi connectivity index (χ2n) is 4.54. The number of pyridine rings is 1. The van der Waals surface area contributed by atoms with Crippen LogP contribution in [0.4, 0.5) is 0 Å². The van der Waals surface area contributed by atoms with E-state index in [1.165, 1.54) is 36.9 Å². The van der Waals surface area contributed by atoms with Gasteiger partial charge in [-0.25, -0.2) is 0 Å². The van der Waals surface area contributed by atoms with Gasteiger partial charge in [-0.15, -0.1) is 0 Å². The summed E-state index contributed by atoms with van der Waals surface area (Å²) in [4.78, 5) is 4.38. The van der Waals surface area contributed by atoms with Crippen LogP contribution in [-0.4, -0.2) is 11.0 Å². The van der Waals surface area contributed by atoms with E-state index in [2.05, 4.69) is 37.1 Å². The Morgan fingerprint density at radius 2 is 2.19 bits per heavy atom. The molecule has 0 fully saturated rings. The maximum atomic E-state index is 4.38. The summed E-state index contributed by atoms with van der Waals surface area (Å²) in [5, 5.41) is 3.54. The number of nitrogens with one attached hydrogen (secondary N) is 1. The zero-order valence-corrected chi connectivity index (χ0v) is 10.8. The molecule has 1 heterocycles. The van der Waals surface area contributed by atoms with Gasteiger partial charge in [0.15, 0.2) is 0 Å². The molecule has 1 aromatic heterocycles. The van der Waals surface area contributed by atoms with Gasteiger partial charge in [-0.1, -0.05) is 32.3 Å². The van der Waals surface area contributed by atoms with Crippen LogP contribution in [0.5, 0.6) is 0 Å². The molecule has 0 aliphatic rings. The minimum absolute atomic E-state index is 0.591. The van der Waals surface area contributed by atoms with Gasteiger partial charge >= 0.3 is 0 Å². The lowest BCUT2D eigenvalue weighted by molar-refractivity contribution is 0.483. The molecule has 1 rings (SSSR count). The smallest absolute Gasteiger partial charge is 0.0570 e. The number of unbranched alkanes of at least 4 members (excludes halogenated alkanes) is 2. The summed E-state index contributed by atoms with van der Waals surface area (Å²) in [6.07, 6.45) is 7.10. The van der Waals surface area contributed by atoms with Gasteiger partial charge in [0.2, 0.25) is 0 Å². The van der Waals surface area contributed by atoms with Gasteiger partial charge in [0.05, 0.1) is 5.69 Å². The predicted octanol–water partition coefficient (Wildman–Crippen LogP) is 3.45. The molecule has 0 aliphatic carbocycles. The van der Waals surface area contributed by atoms with Crippen molar-refractivity contribution in [2.75, 3.05) is 0 Å². The van der Waals surface area contributed by atoms with Gasteiger partial charge in [-0.3, -0.25) is 4.98 Å². The largest absolute Gasteiger partial charge is 0.309 e. The topological polar surface area (TPSA) is 24.9 Å². The van der Waals surface area contributed by atoms with E-state index >= 15 is 0 Å². The Labute approximate surface area is 99.5 Å². The third-order valence-electron chi connectivity index (χ3n) is 2.98. The molecule has 2 nitrogen and oxygen atoms in total. The first-order valence-corrected chi connectivity index (χ1v) is 6.38. The van der Waals surface area contributed by atoms with E-state index in [9.17, 15) is 0 Å². The Hall–Kier alpha value is -0.890. The minimum Gasteiger partial charge on any atom is -0.309 e. The van der Waals surface area contributed by atoms with Gasteiger partial charge in [0.1, 0.15) is 0 Å². The monoisotopic (exact) mass is 220 g/mol. The van der Waals surface area contributed by atoms with Crippen LogP contribution in [0.25, 0.3) is 0 Å². The first kappa shape index (κ1) is 13.2.